The summed E-state index contributed by atoms with van der Waals surface area (Å²) in [6.07, 6.45) is 0. The van der Waals surface area contributed by atoms with Crippen molar-refractivity contribution in [3.05, 3.63) is 46.5 Å². The SMILES string of the molecule is C=C(Cl)CNC(C)c1cccc(C)c1C. The standard InChI is InChI=1S/C13H18ClN/c1-9-6-5-7-13(11(9)3)12(4)15-8-10(2)14/h5-7,12,15H,2,8H2,1,3-4H3. The second kappa shape index (κ2) is 5.34. The second-order valence-corrected chi connectivity index (χ2v) is 4.44. The monoisotopic (exact) mass is 223 g/mol. The Kier molecular flexibility index (Phi) is 4.37. The van der Waals surface area contributed by atoms with Gasteiger partial charge in [-0.1, -0.05) is 36.4 Å². The van der Waals surface area contributed by atoms with Gasteiger partial charge in [0.1, 0.15) is 0 Å². The molecule has 1 nitrogen and oxygen atoms in total. The Hall–Kier alpha value is -0.790. The summed E-state index contributed by atoms with van der Waals surface area (Å²) in [7, 11) is 0. The molecule has 0 aliphatic heterocycles. The summed E-state index contributed by atoms with van der Waals surface area (Å²) in [5.41, 5.74) is 4.00. The third kappa shape index (κ3) is 3.37. The Bertz CT molecular complexity index is 358. The quantitative estimate of drug-likeness (QED) is 0.821. The number of halogens is 1. The van der Waals surface area contributed by atoms with E-state index in [0.29, 0.717) is 17.6 Å². The van der Waals surface area contributed by atoms with Gasteiger partial charge in [0.15, 0.2) is 0 Å². The summed E-state index contributed by atoms with van der Waals surface area (Å²) >= 11 is 5.72. The van der Waals surface area contributed by atoms with Gasteiger partial charge in [-0.25, -0.2) is 0 Å². The van der Waals surface area contributed by atoms with Gasteiger partial charge in [0.2, 0.25) is 0 Å². The summed E-state index contributed by atoms with van der Waals surface area (Å²) in [6, 6.07) is 6.68. The van der Waals surface area contributed by atoms with Gasteiger partial charge in [-0.05, 0) is 37.5 Å². The molecule has 0 aromatic heterocycles. The minimum atomic E-state index is 0.306. The lowest BCUT2D eigenvalue weighted by Crippen LogP contribution is -2.20. The van der Waals surface area contributed by atoms with Gasteiger partial charge in [-0.15, -0.1) is 0 Å². The van der Waals surface area contributed by atoms with Gasteiger partial charge in [0.25, 0.3) is 0 Å². The number of hydrogen-bond donors (Lipinski definition) is 1. The smallest absolute Gasteiger partial charge is 0.0313 e. The van der Waals surface area contributed by atoms with E-state index in [1.807, 2.05) is 0 Å². The van der Waals surface area contributed by atoms with Crippen LogP contribution in [0.5, 0.6) is 0 Å². The summed E-state index contributed by atoms with van der Waals surface area (Å²) < 4.78 is 0. The van der Waals surface area contributed by atoms with Crippen molar-refractivity contribution < 1.29 is 0 Å². The molecule has 1 rings (SSSR count). The van der Waals surface area contributed by atoms with Crippen LogP contribution in [-0.2, 0) is 0 Å². The molecule has 2 heteroatoms. The van der Waals surface area contributed by atoms with Crippen LogP contribution in [0.1, 0.15) is 29.7 Å². The van der Waals surface area contributed by atoms with Gasteiger partial charge in [0.05, 0.1) is 0 Å². The zero-order valence-electron chi connectivity index (χ0n) is 9.60. The first-order chi connectivity index (χ1) is 7.02. The number of aryl methyl sites for hydroxylation is 1. The van der Waals surface area contributed by atoms with Gasteiger partial charge in [0, 0.05) is 17.6 Å². The maximum atomic E-state index is 5.72. The molecule has 1 aromatic rings. The van der Waals surface area contributed by atoms with Crippen LogP contribution in [0, 0.1) is 13.8 Å². The molecular formula is C13H18ClN. The van der Waals surface area contributed by atoms with E-state index in [4.69, 9.17) is 11.6 Å². The highest BCUT2D eigenvalue weighted by Gasteiger charge is 2.08. The van der Waals surface area contributed by atoms with Crippen LogP contribution in [-0.4, -0.2) is 6.54 Å². The zero-order valence-corrected chi connectivity index (χ0v) is 10.4. The molecule has 0 spiro atoms. The molecule has 1 aromatic carbocycles. The lowest BCUT2D eigenvalue weighted by molar-refractivity contribution is 0.611. The van der Waals surface area contributed by atoms with Crippen molar-refractivity contribution in [3.63, 3.8) is 0 Å². The summed E-state index contributed by atoms with van der Waals surface area (Å²) in [5.74, 6) is 0. The predicted octanol–water partition coefficient (Wildman–Crippen LogP) is 3.71. The van der Waals surface area contributed by atoms with Crippen molar-refractivity contribution in [2.24, 2.45) is 0 Å². The minimum absolute atomic E-state index is 0.306. The molecular weight excluding hydrogens is 206 g/mol. The number of nitrogens with one attached hydrogen (secondary N) is 1. The summed E-state index contributed by atoms with van der Waals surface area (Å²) in [4.78, 5) is 0. The normalized spacial score (nSPS) is 12.5. The molecule has 0 saturated carbocycles. The van der Waals surface area contributed by atoms with Crippen LogP contribution in [0.4, 0.5) is 0 Å². The minimum Gasteiger partial charge on any atom is -0.305 e. The van der Waals surface area contributed by atoms with Crippen LogP contribution in [0.3, 0.4) is 0 Å². The van der Waals surface area contributed by atoms with Crippen molar-refractivity contribution >= 4 is 11.6 Å². The average molecular weight is 224 g/mol. The summed E-state index contributed by atoms with van der Waals surface area (Å²) in [6.45, 7) is 10.7. The molecule has 0 saturated heterocycles. The lowest BCUT2D eigenvalue weighted by Gasteiger charge is -2.17. The molecule has 0 heterocycles. The number of benzene rings is 1. The van der Waals surface area contributed by atoms with Crippen molar-refractivity contribution in [2.45, 2.75) is 26.8 Å². The zero-order chi connectivity index (χ0) is 11.4. The molecule has 0 fully saturated rings. The number of hydrogen-bond acceptors (Lipinski definition) is 1. The Morgan fingerprint density at radius 3 is 2.73 bits per heavy atom. The second-order valence-electron chi connectivity index (χ2n) is 3.91. The first-order valence-electron chi connectivity index (χ1n) is 5.15. The van der Waals surface area contributed by atoms with E-state index in [2.05, 4.69) is 50.9 Å². The topological polar surface area (TPSA) is 12.0 Å². The molecule has 0 radical (unpaired) electrons. The fourth-order valence-electron chi connectivity index (χ4n) is 1.62. The van der Waals surface area contributed by atoms with Crippen molar-refractivity contribution in [2.75, 3.05) is 6.54 Å². The van der Waals surface area contributed by atoms with Gasteiger partial charge in [-0.2, -0.15) is 0 Å². The molecule has 0 aliphatic carbocycles. The van der Waals surface area contributed by atoms with Crippen molar-refractivity contribution in [1.82, 2.24) is 5.32 Å². The van der Waals surface area contributed by atoms with E-state index in [1.165, 1.54) is 16.7 Å². The van der Waals surface area contributed by atoms with Gasteiger partial charge in [-0.3, -0.25) is 0 Å². The van der Waals surface area contributed by atoms with E-state index in [0.717, 1.165) is 0 Å². The van der Waals surface area contributed by atoms with E-state index < -0.39 is 0 Å². The largest absolute Gasteiger partial charge is 0.305 e. The van der Waals surface area contributed by atoms with Crippen LogP contribution in [0.25, 0.3) is 0 Å². The van der Waals surface area contributed by atoms with E-state index in [-0.39, 0.29) is 0 Å². The van der Waals surface area contributed by atoms with Crippen LogP contribution in [0.15, 0.2) is 29.8 Å². The van der Waals surface area contributed by atoms with Crippen LogP contribution < -0.4 is 5.32 Å². The van der Waals surface area contributed by atoms with Gasteiger partial charge >= 0.3 is 0 Å². The van der Waals surface area contributed by atoms with Gasteiger partial charge < -0.3 is 5.32 Å². The van der Waals surface area contributed by atoms with E-state index in [9.17, 15) is 0 Å². The maximum absolute atomic E-state index is 5.72. The van der Waals surface area contributed by atoms with Crippen molar-refractivity contribution in [3.8, 4) is 0 Å². The predicted molar refractivity (Wildman–Crippen MR) is 67.3 cm³/mol. The summed E-state index contributed by atoms with van der Waals surface area (Å²) in [5, 5.41) is 3.98. The fourth-order valence-corrected chi connectivity index (χ4v) is 1.69. The average Bonchev–Trinajstić information content (AvgIpc) is 2.18. The third-order valence-electron chi connectivity index (χ3n) is 2.71. The first-order valence-corrected chi connectivity index (χ1v) is 5.53. The Morgan fingerprint density at radius 2 is 2.13 bits per heavy atom. The molecule has 0 amide bonds. The Labute approximate surface area is 97.1 Å². The molecule has 82 valence electrons. The highest BCUT2D eigenvalue weighted by Crippen LogP contribution is 2.20. The third-order valence-corrected chi connectivity index (χ3v) is 2.85. The van der Waals surface area contributed by atoms with E-state index in [1.54, 1.807) is 0 Å². The molecule has 1 unspecified atom stereocenters. The Balaban J connectivity index is 2.77. The highest BCUT2D eigenvalue weighted by atomic mass is 35.5. The lowest BCUT2D eigenvalue weighted by atomic mass is 9.98. The maximum Gasteiger partial charge on any atom is 0.0313 e. The molecule has 0 bridgehead atoms. The first kappa shape index (κ1) is 12.3. The van der Waals surface area contributed by atoms with Crippen LogP contribution >= 0.6 is 11.6 Å². The fraction of sp³-hybridized carbons (Fsp3) is 0.385. The van der Waals surface area contributed by atoms with E-state index >= 15 is 0 Å². The molecule has 15 heavy (non-hydrogen) atoms. The molecule has 1 N–H and O–H groups in total. The number of rotatable bonds is 4. The molecule has 1 atom stereocenters. The van der Waals surface area contributed by atoms with Crippen LogP contribution in [0.2, 0.25) is 0 Å². The van der Waals surface area contributed by atoms with Crippen molar-refractivity contribution in [1.29, 1.82) is 0 Å². The Morgan fingerprint density at radius 1 is 1.47 bits per heavy atom. The molecule has 0 aliphatic rings. The highest BCUT2D eigenvalue weighted by molar-refractivity contribution is 6.29.